The van der Waals surface area contributed by atoms with Crippen molar-refractivity contribution in [1.82, 2.24) is 9.55 Å². The van der Waals surface area contributed by atoms with Crippen LogP contribution in [0.2, 0.25) is 0 Å². The summed E-state index contributed by atoms with van der Waals surface area (Å²) in [6, 6.07) is 0.629. The van der Waals surface area contributed by atoms with E-state index in [1.165, 1.54) is 12.8 Å². The molecular weight excluding hydrogens is 128 g/mol. The van der Waals surface area contributed by atoms with Gasteiger partial charge in [-0.2, -0.15) is 0 Å². The lowest BCUT2D eigenvalue weighted by Crippen LogP contribution is -1.97. The fourth-order valence-electron chi connectivity index (χ4n) is 1.14. The molecule has 1 aliphatic rings. The van der Waals surface area contributed by atoms with Gasteiger partial charge in [0.2, 0.25) is 0 Å². The van der Waals surface area contributed by atoms with Crippen molar-refractivity contribution in [3.8, 4) is 0 Å². The van der Waals surface area contributed by atoms with Gasteiger partial charge in [0.05, 0.1) is 24.8 Å². The number of hydrogen-bond acceptors (Lipinski definition) is 2. The Morgan fingerprint density at radius 2 is 2.50 bits per heavy atom. The summed E-state index contributed by atoms with van der Waals surface area (Å²) < 4.78 is 2.06. The molecule has 1 aromatic rings. The number of aliphatic hydroxyl groups is 1. The molecule has 2 rings (SSSR count). The van der Waals surface area contributed by atoms with Crippen LogP contribution in [0.15, 0.2) is 12.5 Å². The first-order valence-electron chi connectivity index (χ1n) is 3.53. The summed E-state index contributed by atoms with van der Waals surface area (Å²) >= 11 is 0. The minimum Gasteiger partial charge on any atom is -0.390 e. The number of rotatable bonds is 2. The Morgan fingerprint density at radius 3 is 3.10 bits per heavy atom. The van der Waals surface area contributed by atoms with Crippen LogP contribution in [0, 0.1) is 0 Å². The van der Waals surface area contributed by atoms with Crippen molar-refractivity contribution in [2.24, 2.45) is 0 Å². The summed E-state index contributed by atoms with van der Waals surface area (Å²) in [4.78, 5) is 3.96. The predicted molar refractivity (Wildman–Crippen MR) is 36.4 cm³/mol. The molecule has 0 aromatic carbocycles. The van der Waals surface area contributed by atoms with Gasteiger partial charge in [0.25, 0.3) is 0 Å². The maximum absolute atomic E-state index is 8.82. The second-order valence-electron chi connectivity index (χ2n) is 2.68. The van der Waals surface area contributed by atoms with E-state index < -0.39 is 0 Å². The molecule has 0 atom stereocenters. The molecule has 10 heavy (non-hydrogen) atoms. The third-order valence-corrected chi connectivity index (χ3v) is 1.85. The molecule has 3 heteroatoms. The molecule has 1 N–H and O–H groups in total. The van der Waals surface area contributed by atoms with Crippen molar-refractivity contribution in [2.45, 2.75) is 25.5 Å². The first kappa shape index (κ1) is 5.92. The van der Waals surface area contributed by atoms with Crippen LogP contribution in [0.4, 0.5) is 0 Å². The van der Waals surface area contributed by atoms with Gasteiger partial charge >= 0.3 is 0 Å². The van der Waals surface area contributed by atoms with Gasteiger partial charge in [-0.1, -0.05) is 0 Å². The highest BCUT2D eigenvalue weighted by atomic mass is 16.3. The molecule has 0 amide bonds. The zero-order chi connectivity index (χ0) is 6.97. The third kappa shape index (κ3) is 0.827. The van der Waals surface area contributed by atoms with Crippen LogP contribution in [-0.4, -0.2) is 14.7 Å². The Labute approximate surface area is 59.3 Å². The maximum Gasteiger partial charge on any atom is 0.0951 e. The molecule has 3 nitrogen and oxygen atoms in total. The molecule has 1 fully saturated rings. The minimum absolute atomic E-state index is 0.108. The molecule has 1 saturated carbocycles. The van der Waals surface area contributed by atoms with Crippen LogP contribution in [0.25, 0.3) is 0 Å². The van der Waals surface area contributed by atoms with E-state index >= 15 is 0 Å². The van der Waals surface area contributed by atoms with Gasteiger partial charge in [-0.15, -0.1) is 0 Å². The SMILES string of the molecule is OCc1cncn1C1CC1. The Bertz CT molecular complexity index is 227. The molecule has 1 heterocycles. The van der Waals surface area contributed by atoms with E-state index in [0.29, 0.717) is 6.04 Å². The molecule has 1 aliphatic carbocycles. The van der Waals surface area contributed by atoms with Crippen LogP contribution in [-0.2, 0) is 6.61 Å². The van der Waals surface area contributed by atoms with Crippen molar-refractivity contribution >= 4 is 0 Å². The smallest absolute Gasteiger partial charge is 0.0951 e. The molecule has 54 valence electrons. The van der Waals surface area contributed by atoms with Gasteiger partial charge in [-0.25, -0.2) is 4.98 Å². The van der Waals surface area contributed by atoms with E-state index in [1.807, 2.05) is 0 Å². The van der Waals surface area contributed by atoms with E-state index in [9.17, 15) is 0 Å². The quantitative estimate of drug-likeness (QED) is 0.653. The molecule has 0 spiro atoms. The average molecular weight is 138 g/mol. The first-order valence-corrected chi connectivity index (χ1v) is 3.53. The number of nitrogens with zero attached hydrogens (tertiary/aromatic N) is 2. The summed E-state index contributed by atoms with van der Waals surface area (Å²) in [5, 5.41) is 8.82. The van der Waals surface area contributed by atoms with Crippen LogP contribution in [0.5, 0.6) is 0 Å². The molecule has 0 radical (unpaired) electrons. The maximum atomic E-state index is 8.82. The number of aromatic nitrogens is 2. The normalized spacial score (nSPS) is 17.7. The van der Waals surface area contributed by atoms with Gasteiger partial charge in [-0.05, 0) is 12.8 Å². The highest BCUT2D eigenvalue weighted by Crippen LogP contribution is 2.35. The fraction of sp³-hybridized carbons (Fsp3) is 0.571. The van der Waals surface area contributed by atoms with E-state index in [0.717, 1.165) is 5.69 Å². The molecule has 0 unspecified atom stereocenters. The second-order valence-corrected chi connectivity index (χ2v) is 2.68. The Kier molecular flexibility index (Phi) is 1.24. The van der Waals surface area contributed by atoms with Crippen molar-refractivity contribution in [3.05, 3.63) is 18.2 Å². The molecule has 0 saturated heterocycles. The highest BCUT2D eigenvalue weighted by Gasteiger charge is 2.24. The minimum atomic E-state index is 0.108. The van der Waals surface area contributed by atoms with E-state index in [4.69, 9.17) is 5.11 Å². The zero-order valence-corrected chi connectivity index (χ0v) is 5.70. The topological polar surface area (TPSA) is 38.1 Å². The highest BCUT2D eigenvalue weighted by molar-refractivity contribution is 5.01. The van der Waals surface area contributed by atoms with Gasteiger partial charge < -0.3 is 9.67 Å². The fourth-order valence-corrected chi connectivity index (χ4v) is 1.14. The molecule has 1 aromatic heterocycles. The van der Waals surface area contributed by atoms with Crippen molar-refractivity contribution in [1.29, 1.82) is 0 Å². The van der Waals surface area contributed by atoms with Crippen LogP contribution in [0.3, 0.4) is 0 Å². The third-order valence-electron chi connectivity index (χ3n) is 1.85. The zero-order valence-electron chi connectivity index (χ0n) is 5.70. The Hall–Kier alpha value is -0.830. The summed E-state index contributed by atoms with van der Waals surface area (Å²) in [7, 11) is 0. The monoisotopic (exact) mass is 138 g/mol. The number of aliphatic hydroxyl groups excluding tert-OH is 1. The van der Waals surface area contributed by atoms with Gasteiger partial charge in [0.1, 0.15) is 0 Å². The summed E-state index contributed by atoms with van der Waals surface area (Å²) in [6.45, 7) is 0.108. The Morgan fingerprint density at radius 1 is 1.70 bits per heavy atom. The standard InChI is InChI=1S/C7H10N2O/c10-4-7-3-8-5-9(7)6-1-2-6/h3,5-6,10H,1-2,4H2. The molecule has 0 aliphatic heterocycles. The predicted octanol–water partition coefficient (Wildman–Crippen LogP) is 0.710. The first-order chi connectivity index (χ1) is 4.92. The van der Waals surface area contributed by atoms with Crippen molar-refractivity contribution < 1.29 is 5.11 Å². The van der Waals surface area contributed by atoms with E-state index in [2.05, 4.69) is 9.55 Å². The van der Waals surface area contributed by atoms with Crippen molar-refractivity contribution in [2.75, 3.05) is 0 Å². The summed E-state index contributed by atoms with van der Waals surface area (Å²) in [6.07, 6.45) is 5.99. The molecule has 0 bridgehead atoms. The van der Waals surface area contributed by atoms with Gasteiger partial charge in [0, 0.05) is 6.04 Å². The number of imidazole rings is 1. The van der Waals surface area contributed by atoms with Crippen LogP contribution >= 0.6 is 0 Å². The second kappa shape index (κ2) is 2.09. The van der Waals surface area contributed by atoms with Crippen molar-refractivity contribution in [3.63, 3.8) is 0 Å². The van der Waals surface area contributed by atoms with Gasteiger partial charge in [-0.3, -0.25) is 0 Å². The Balaban J connectivity index is 2.28. The summed E-state index contributed by atoms with van der Waals surface area (Å²) in [5.41, 5.74) is 0.933. The lowest BCUT2D eigenvalue weighted by Gasteiger charge is -2.01. The largest absolute Gasteiger partial charge is 0.390 e. The lowest BCUT2D eigenvalue weighted by atomic mass is 10.5. The van der Waals surface area contributed by atoms with Crippen LogP contribution < -0.4 is 0 Å². The number of hydrogen-bond donors (Lipinski definition) is 1. The van der Waals surface area contributed by atoms with Crippen LogP contribution in [0.1, 0.15) is 24.6 Å². The van der Waals surface area contributed by atoms with E-state index in [1.54, 1.807) is 12.5 Å². The summed E-state index contributed by atoms with van der Waals surface area (Å²) in [5.74, 6) is 0. The van der Waals surface area contributed by atoms with Gasteiger partial charge in [0.15, 0.2) is 0 Å². The lowest BCUT2D eigenvalue weighted by molar-refractivity contribution is 0.270. The average Bonchev–Trinajstić information content (AvgIpc) is 2.69. The molecular formula is C7H10N2O. The van der Waals surface area contributed by atoms with E-state index in [-0.39, 0.29) is 6.61 Å².